The highest BCUT2D eigenvalue weighted by molar-refractivity contribution is 9.10. The minimum absolute atomic E-state index is 0.717. The smallest absolute Gasteiger partial charge is 0.210 e. The molecular weight excluding hydrogens is 406 g/mol. The molecule has 0 atom stereocenters. The Morgan fingerprint density at radius 3 is 2.41 bits per heavy atom. The Morgan fingerprint density at radius 1 is 0.963 bits per heavy atom. The summed E-state index contributed by atoms with van der Waals surface area (Å²) in [6, 6.07) is 20.0. The van der Waals surface area contributed by atoms with E-state index < -0.39 is 0 Å². The number of anilines is 3. The van der Waals surface area contributed by atoms with Crippen molar-refractivity contribution < 1.29 is 9.15 Å². The molecule has 1 aliphatic rings. The van der Waals surface area contributed by atoms with Crippen LogP contribution in [-0.4, -0.2) is 32.5 Å². The van der Waals surface area contributed by atoms with Crippen LogP contribution in [0.1, 0.15) is 5.76 Å². The summed E-state index contributed by atoms with van der Waals surface area (Å²) < 4.78 is 12.3. The zero-order valence-corrected chi connectivity index (χ0v) is 16.4. The van der Waals surface area contributed by atoms with E-state index in [9.17, 15) is 0 Å². The van der Waals surface area contributed by atoms with Gasteiger partial charge in [-0.15, -0.1) is 0 Å². The summed E-state index contributed by atoms with van der Waals surface area (Å²) in [6.45, 7) is 3.11. The van der Waals surface area contributed by atoms with Crippen LogP contribution in [-0.2, 0) is 4.74 Å². The summed E-state index contributed by atoms with van der Waals surface area (Å²) in [5.74, 6) is 1.55. The van der Waals surface area contributed by atoms with Crippen LogP contribution in [0.4, 0.5) is 22.9 Å². The summed E-state index contributed by atoms with van der Waals surface area (Å²) in [5.41, 5.74) is 2.95. The maximum absolute atomic E-state index is 5.94. The topological polar surface area (TPSA) is 50.0 Å². The molecule has 1 aliphatic heterocycles. The van der Waals surface area contributed by atoms with Gasteiger partial charge in [-0.25, -0.2) is 0 Å². The van der Waals surface area contributed by atoms with E-state index in [1.165, 1.54) is 0 Å². The molecule has 6 heteroatoms. The van der Waals surface area contributed by atoms with Gasteiger partial charge >= 0.3 is 0 Å². The van der Waals surface area contributed by atoms with Crippen molar-refractivity contribution in [3.05, 3.63) is 70.9 Å². The molecule has 0 aliphatic carbocycles. The first-order valence-electron chi connectivity index (χ1n) is 8.86. The minimum Gasteiger partial charge on any atom is -0.438 e. The van der Waals surface area contributed by atoms with Crippen LogP contribution in [0, 0.1) is 0 Å². The molecule has 1 fully saturated rings. The van der Waals surface area contributed by atoms with Crippen molar-refractivity contribution in [2.45, 2.75) is 0 Å². The average Bonchev–Trinajstić information content (AvgIpc) is 3.09. The first-order chi connectivity index (χ1) is 13.3. The highest BCUT2D eigenvalue weighted by Crippen LogP contribution is 2.30. The number of rotatable bonds is 5. The van der Waals surface area contributed by atoms with Gasteiger partial charge in [-0.1, -0.05) is 18.2 Å². The summed E-state index contributed by atoms with van der Waals surface area (Å²) in [5, 5.41) is 3.36. The molecule has 4 rings (SSSR count). The van der Waals surface area contributed by atoms with E-state index in [4.69, 9.17) is 9.15 Å². The molecule has 5 nitrogen and oxygen atoms in total. The fourth-order valence-corrected chi connectivity index (χ4v) is 3.44. The lowest BCUT2D eigenvalue weighted by Gasteiger charge is -2.26. The average molecular weight is 426 g/mol. The fraction of sp³-hybridized carbons (Fsp3) is 0.190. The van der Waals surface area contributed by atoms with E-state index in [0.29, 0.717) is 0 Å². The Bertz CT molecular complexity index is 901. The number of halogens is 1. The molecule has 1 aromatic heterocycles. The first-order valence-corrected chi connectivity index (χ1v) is 9.65. The van der Waals surface area contributed by atoms with Gasteiger partial charge in [-0.2, -0.15) is 0 Å². The Morgan fingerprint density at radius 2 is 1.67 bits per heavy atom. The van der Waals surface area contributed by atoms with Crippen LogP contribution in [0.2, 0.25) is 0 Å². The second-order valence-electron chi connectivity index (χ2n) is 6.20. The van der Waals surface area contributed by atoms with Crippen LogP contribution in [0.25, 0.3) is 0 Å². The molecular formula is C21H20BrN3O2. The third-order valence-electron chi connectivity index (χ3n) is 4.26. The lowest BCUT2D eigenvalue weighted by atomic mass is 10.2. The van der Waals surface area contributed by atoms with E-state index in [-0.39, 0.29) is 0 Å². The molecule has 1 saturated heterocycles. The van der Waals surface area contributed by atoms with Crippen LogP contribution < -0.4 is 10.2 Å². The van der Waals surface area contributed by atoms with Gasteiger partial charge in [0.2, 0.25) is 5.88 Å². The van der Waals surface area contributed by atoms with Crippen molar-refractivity contribution in [3.8, 4) is 0 Å². The van der Waals surface area contributed by atoms with Crippen molar-refractivity contribution >= 4 is 45.1 Å². The van der Waals surface area contributed by atoms with E-state index in [1.807, 2.05) is 60.7 Å². The number of nitrogens with zero attached hydrogens (tertiary/aromatic N) is 2. The predicted octanol–water partition coefficient (Wildman–Crippen LogP) is 5.37. The van der Waals surface area contributed by atoms with Crippen molar-refractivity contribution in [3.63, 3.8) is 0 Å². The molecule has 0 bridgehead atoms. The van der Waals surface area contributed by atoms with Crippen LogP contribution in [0.15, 0.2) is 74.5 Å². The maximum atomic E-state index is 5.94. The Kier molecular flexibility index (Phi) is 5.55. The van der Waals surface area contributed by atoms with Gasteiger partial charge < -0.3 is 19.4 Å². The number of furan rings is 1. The molecule has 27 heavy (non-hydrogen) atoms. The van der Waals surface area contributed by atoms with E-state index in [1.54, 1.807) is 6.21 Å². The van der Waals surface area contributed by atoms with Crippen LogP contribution in [0.3, 0.4) is 0 Å². The monoisotopic (exact) mass is 425 g/mol. The number of ether oxygens (including phenoxy) is 1. The SMILES string of the molecule is Brc1cc(C=Nc2ccc(Nc3ccccc3)cc2)oc1N1CCOCC1. The molecule has 1 N–H and O–H groups in total. The number of hydrogen-bond donors (Lipinski definition) is 1. The molecule has 0 radical (unpaired) electrons. The molecule has 0 amide bonds. The summed E-state index contributed by atoms with van der Waals surface area (Å²) in [6.07, 6.45) is 1.74. The largest absolute Gasteiger partial charge is 0.438 e. The van der Waals surface area contributed by atoms with Crippen molar-refractivity contribution in [2.75, 3.05) is 36.5 Å². The molecule has 3 aromatic rings. The highest BCUT2D eigenvalue weighted by atomic mass is 79.9. The van der Waals surface area contributed by atoms with Crippen LogP contribution >= 0.6 is 15.9 Å². The number of aliphatic imine (C=N–C) groups is 1. The summed E-state index contributed by atoms with van der Waals surface area (Å²) in [7, 11) is 0. The van der Waals surface area contributed by atoms with Crippen LogP contribution in [0.5, 0.6) is 0 Å². The summed E-state index contributed by atoms with van der Waals surface area (Å²) >= 11 is 3.57. The zero-order chi connectivity index (χ0) is 18.5. The van der Waals surface area contributed by atoms with Gasteiger partial charge in [-0.3, -0.25) is 4.99 Å². The van der Waals surface area contributed by atoms with Gasteiger partial charge in [0, 0.05) is 30.5 Å². The normalized spacial score (nSPS) is 14.6. The third kappa shape index (κ3) is 4.59. The van der Waals surface area contributed by atoms with Gasteiger partial charge in [0.1, 0.15) is 5.76 Å². The maximum Gasteiger partial charge on any atom is 0.210 e. The molecule has 0 saturated carbocycles. The van der Waals surface area contributed by atoms with Crippen molar-refractivity contribution in [1.29, 1.82) is 0 Å². The Labute approximate surface area is 166 Å². The fourth-order valence-electron chi connectivity index (χ4n) is 2.88. The lowest BCUT2D eigenvalue weighted by Crippen LogP contribution is -2.36. The first kappa shape index (κ1) is 17.8. The quantitative estimate of drug-likeness (QED) is 0.557. The second kappa shape index (κ2) is 8.41. The highest BCUT2D eigenvalue weighted by Gasteiger charge is 2.18. The van der Waals surface area contributed by atoms with Gasteiger partial charge in [0.05, 0.1) is 29.6 Å². The van der Waals surface area contributed by atoms with Gasteiger partial charge in [0.15, 0.2) is 0 Å². The standard InChI is InChI=1S/C21H20BrN3O2/c22-20-14-19(27-21(20)25-10-12-26-13-11-25)15-23-16-6-8-18(9-7-16)24-17-4-2-1-3-5-17/h1-9,14-15,24H,10-13H2. The molecule has 0 unspecified atom stereocenters. The number of benzene rings is 2. The Hall–Kier alpha value is -2.57. The van der Waals surface area contributed by atoms with Crippen molar-refractivity contribution in [1.82, 2.24) is 0 Å². The summed E-state index contributed by atoms with van der Waals surface area (Å²) in [4.78, 5) is 6.69. The lowest BCUT2D eigenvalue weighted by molar-refractivity contribution is 0.120. The number of para-hydroxylation sites is 1. The number of hydrogen-bond acceptors (Lipinski definition) is 5. The van der Waals surface area contributed by atoms with E-state index in [0.717, 1.165) is 59.5 Å². The minimum atomic E-state index is 0.717. The Balaban J connectivity index is 1.42. The molecule has 2 aromatic carbocycles. The van der Waals surface area contributed by atoms with E-state index in [2.05, 4.69) is 31.1 Å². The third-order valence-corrected chi connectivity index (χ3v) is 4.82. The molecule has 2 heterocycles. The molecule has 138 valence electrons. The zero-order valence-electron chi connectivity index (χ0n) is 14.8. The van der Waals surface area contributed by atoms with Crippen molar-refractivity contribution in [2.24, 2.45) is 4.99 Å². The number of morpholine rings is 1. The number of nitrogens with one attached hydrogen (secondary N) is 1. The molecule has 0 spiro atoms. The van der Waals surface area contributed by atoms with Gasteiger partial charge in [-0.05, 0) is 52.3 Å². The predicted molar refractivity (Wildman–Crippen MR) is 113 cm³/mol. The van der Waals surface area contributed by atoms with E-state index >= 15 is 0 Å². The second-order valence-corrected chi connectivity index (χ2v) is 7.05. The van der Waals surface area contributed by atoms with Gasteiger partial charge in [0.25, 0.3) is 0 Å².